The molecule has 0 bridgehead atoms. The third-order valence-corrected chi connectivity index (χ3v) is 4.00. The van der Waals surface area contributed by atoms with Gasteiger partial charge in [0.05, 0.1) is 18.6 Å². The highest BCUT2D eigenvalue weighted by Crippen LogP contribution is 2.27. The lowest BCUT2D eigenvalue weighted by atomic mass is 10.1. The van der Waals surface area contributed by atoms with Gasteiger partial charge in [0.15, 0.2) is 5.75 Å². The highest BCUT2D eigenvalue weighted by atomic mass is 79.9. The number of nitro benzene ring substituents is 1. The molecule has 28 heavy (non-hydrogen) atoms. The van der Waals surface area contributed by atoms with E-state index in [1.165, 1.54) is 19.2 Å². The number of ether oxygens (including phenoxy) is 1. The first kappa shape index (κ1) is 20.8. The minimum Gasteiger partial charge on any atom is -0.490 e. The van der Waals surface area contributed by atoms with Crippen LogP contribution >= 0.6 is 15.9 Å². The Bertz CT molecular complexity index is 916. The Kier molecular flexibility index (Phi) is 7.04. The zero-order valence-electron chi connectivity index (χ0n) is 14.5. The third-order valence-electron chi connectivity index (χ3n) is 3.47. The molecular weight excluding hydrogens is 436 g/mol. The number of benzene rings is 2. The van der Waals surface area contributed by atoms with Crippen LogP contribution in [0.15, 0.2) is 46.9 Å². The van der Waals surface area contributed by atoms with Crippen LogP contribution in [0.2, 0.25) is 0 Å². The van der Waals surface area contributed by atoms with Gasteiger partial charge in [0.25, 0.3) is 17.7 Å². The van der Waals surface area contributed by atoms with Crippen LogP contribution in [-0.2, 0) is 4.79 Å². The number of methoxy groups -OCH3 is 1. The van der Waals surface area contributed by atoms with Crippen molar-refractivity contribution in [3.05, 3.63) is 68.2 Å². The number of nitrogens with zero attached hydrogens (tertiary/aromatic N) is 1. The quantitative estimate of drug-likeness (QED) is 0.450. The van der Waals surface area contributed by atoms with E-state index in [1.807, 2.05) is 0 Å². The Morgan fingerprint density at radius 3 is 2.29 bits per heavy atom. The van der Waals surface area contributed by atoms with E-state index in [1.54, 1.807) is 24.3 Å². The Labute approximate surface area is 167 Å². The van der Waals surface area contributed by atoms with Crippen molar-refractivity contribution in [2.45, 2.75) is 0 Å². The standard InChI is InChI=1S/C17H15BrN4O6/c1-28-14-7-4-11(8-13(14)22(26)27)16(24)19-9-15(23)20-21-17(25)10-2-5-12(18)6-3-10/h2-8H,9H2,1H3,(H,19,24)(H,20,23)(H,21,25). The Hall–Kier alpha value is -3.47. The van der Waals surface area contributed by atoms with Crippen molar-refractivity contribution >= 4 is 39.3 Å². The molecule has 3 N–H and O–H groups in total. The highest BCUT2D eigenvalue weighted by molar-refractivity contribution is 9.10. The summed E-state index contributed by atoms with van der Waals surface area (Å²) >= 11 is 3.24. The van der Waals surface area contributed by atoms with Gasteiger partial charge >= 0.3 is 5.69 Å². The fourth-order valence-electron chi connectivity index (χ4n) is 2.08. The molecule has 0 heterocycles. The maximum atomic E-state index is 12.1. The summed E-state index contributed by atoms with van der Waals surface area (Å²) in [5.74, 6) is -1.89. The molecule has 0 aliphatic rings. The van der Waals surface area contributed by atoms with Gasteiger partial charge in [-0.05, 0) is 36.4 Å². The van der Waals surface area contributed by atoms with Crippen LogP contribution in [0.3, 0.4) is 0 Å². The number of amides is 3. The monoisotopic (exact) mass is 450 g/mol. The predicted molar refractivity (Wildman–Crippen MR) is 102 cm³/mol. The van der Waals surface area contributed by atoms with E-state index in [4.69, 9.17) is 4.74 Å². The van der Waals surface area contributed by atoms with Gasteiger partial charge in [-0.25, -0.2) is 0 Å². The van der Waals surface area contributed by atoms with Crippen molar-refractivity contribution in [1.29, 1.82) is 0 Å². The van der Waals surface area contributed by atoms with Gasteiger partial charge in [-0.2, -0.15) is 0 Å². The number of carbonyl (C=O) groups is 3. The molecule has 0 aliphatic heterocycles. The fourth-order valence-corrected chi connectivity index (χ4v) is 2.34. The zero-order valence-corrected chi connectivity index (χ0v) is 16.1. The molecule has 0 unspecified atom stereocenters. The molecule has 3 amide bonds. The van der Waals surface area contributed by atoms with Gasteiger partial charge in [0.1, 0.15) is 0 Å². The number of halogens is 1. The van der Waals surface area contributed by atoms with Gasteiger partial charge in [-0.3, -0.25) is 35.3 Å². The van der Waals surface area contributed by atoms with Gasteiger partial charge in [-0.1, -0.05) is 15.9 Å². The normalized spacial score (nSPS) is 9.93. The molecule has 146 valence electrons. The largest absolute Gasteiger partial charge is 0.490 e. The van der Waals surface area contributed by atoms with Gasteiger partial charge < -0.3 is 10.1 Å². The molecule has 0 saturated carbocycles. The number of rotatable bonds is 6. The first-order valence-electron chi connectivity index (χ1n) is 7.77. The summed E-state index contributed by atoms with van der Waals surface area (Å²) in [4.78, 5) is 46.0. The van der Waals surface area contributed by atoms with Crippen molar-refractivity contribution in [3.63, 3.8) is 0 Å². The van der Waals surface area contributed by atoms with Crippen molar-refractivity contribution in [3.8, 4) is 5.75 Å². The summed E-state index contributed by atoms with van der Waals surface area (Å²) in [5, 5.41) is 13.3. The number of nitro groups is 1. The number of hydrogen-bond donors (Lipinski definition) is 3. The minimum absolute atomic E-state index is 0.00921. The molecule has 11 heteroatoms. The maximum Gasteiger partial charge on any atom is 0.311 e. The first-order valence-corrected chi connectivity index (χ1v) is 8.56. The second-order valence-corrected chi connectivity index (χ2v) is 6.25. The molecule has 10 nitrogen and oxygen atoms in total. The summed E-state index contributed by atoms with van der Waals surface area (Å²) in [7, 11) is 1.27. The number of nitrogens with one attached hydrogen (secondary N) is 3. The summed E-state index contributed by atoms with van der Waals surface area (Å²) in [6, 6.07) is 10.1. The van der Waals surface area contributed by atoms with Crippen LogP contribution in [0.25, 0.3) is 0 Å². The molecule has 0 fully saturated rings. The van der Waals surface area contributed by atoms with Crippen molar-refractivity contribution in [1.82, 2.24) is 16.2 Å². The molecule has 2 rings (SSSR count). The van der Waals surface area contributed by atoms with Crippen LogP contribution in [0.1, 0.15) is 20.7 Å². The number of hydrazine groups is 1. The molecule has 0 atom stereocenters. The predicted octanol–water partition coefficient (Wildman–Crippen LogP) is 1.56. The van der Waals surface area contributed by atoms with E-state index in [-0.39, 0.29) is 17.0 Å². The maximum absolute atomic E-state index is 12.1. The van der Waals surface area contributed by atoms with E-state index >= 15 is 0 Å². The van der Waals surface area contributed by atoms with Crippen molar-refractivity contribution in [2.24, 2.45) is 0 Å². The summed E-state index contributed by atoms with van der Waals surface area (Å²) in [6.45, 7) is -0.445. The molecule has 2 aromatic rings. The SMILES string of the molecule is COc1ccc(C(=O)NCC(=O)NNC(=O)c2ccc(Br)cc2)cc1[N+](=O)[O-]. The summed E-state index contributed by atoms with van der Waals surface area (Å²) < 4.78 is 5.66. The smallest absolute Gasteiger partial charge is 0.311 e. The van der Waals surface area contributed by atoms with Crippen LogP contribution in [-0.4, -0.2) is 36.3 Å². The highest BCUT2D eigenvalue weighted by Gasteiger charge is 2.18. The van der Waals surface area contributed by atoms with E-state index in [2.05, 4.69) is 32.1 Å². The molecule has 0 saturated heterocycles. The van der Waals surface area contributed by atoms with Crippen molar-refractivity contribution in [2.75, 3.05) is 13.7 Å². The summed E-state index contributed by atoms with van der Waals surface area (Å²) in [5.41, 5.74) is 4.31. The lowest BCUT2D eigenvalue weighted by Crippen LogP contribution is -2.46. The second-order valence-electron chi connectivity index (χ2n) is 5.34. The second kappa shape index (κ2) is 9.46. The van der Waals surface area contributed by atoms with Crippen LogP contribution in [0.4, 0.5) is 5.69 Å². The van der Waals surface area contributed by atoms with Crippen LogP contribution in [0.5, 0.6) is 5.75 Å². The van der Waals surface area contributed by atoms with E-state index in [0.717, 1.165) is 10.5 Å². The van der Waals surface area contributed by atoms with Crippen LogP contribution < -0.4 is 20.9 Å². The van der Waals surface area contributed by atoms with Gasteiger partial charge in [0, 0.05) is 21.7 Å². The topological polar surface area (TPSA) is 140 Å². The first-order chi connectivity index (χ1) is 13.3. The lowest BCUT2D eigenvalue weighted by molar-refractivity contribution is -0.385. The molecule has 0 aliphatic carbocycles. The van der Waals surface area contributed by atoms with E-state index < -0.39 is 29.2 Å². The number of hydrogen-bond acceptors (Lipinski definition) is 6. The average molecular weight is 451 g/mol. The Morgan fingerprint density at radius 2 is 1.68 bits per heavy atom. The Morgan fingerprint density at radius 1 is 1.04 bits per heavy atom. The number of carbonyl (C=O) groups excluding carboxylic acids is 3. The van der Waals surface area contributed by atoms with Gasteiger partial charge in [-0.15, -0.1) is 0 Å². The molecule has 0 spiro atoms. The Balaban J connectivity index is 1.87. The fraction of sp³-hybridized carbons (Fsp3) is 0.118. The third kappa shape index (κ3) is 5.51. The minimum atomic E-state index is -0.694. The van der Waals surface area contributed by atoms with Gasteiger partial charge in [0.2, 0.25) is 0 Å². The molecule has 0 radical (unpaired) electrons. The van der Waals surface area contributed by atoms with E-state index in [9.17, 15) is 24.5 Å². The van der Waals surface area contributed by atoms with Crippen molar-refractivity contribution < 1.29 is 24.0 Å². The molecular formula is C17H15BrN4O6. The molecule has 2 aromatic carbocycles. The summed E-state index contributed by atoms with van der Waals surface area (Å²) in [6.07, 6.45) is 0. The lowest BCUT2D eigenvalue weighted by Gasteiger charge is -2.09. The molecule has 0 aromatic heterocycles. The zero-order chi connectivity index (χ0) is 20.7. The van der Waals surface area contributed by atoms with E-state index in [0.29, 0.717) is 5.56 Å². The van der Waals surface area contributed by atoms with Crippen LogP contribution in [0, 0.1) is 10.1 Å². The average Bonchev–Trinajstić information content (AvgIpc) is 2.70.